The summed E-state index contributed by atoms with van der Waals surface area (Å²) in [6.45, 7) is -0.129. The maximum Gasteiger partial charge on any atom is 0.165 e. The molecule has 0 bridgehead atoms. The van der Waals surface area contributed by atoms with E-state index in [1.165, 1.54) is 30.3 Å². The fourth-order valence-corrected chi connectivity index (χ4v) is 1.91. The summed E-state index contributed by atoms with van der Waals surface area (Å²) >= 11 is 10.4. The van der Waals surface area contributed by atoms with Crippen LogP contribution in [-0.4, -0.2) is 4.99 Å². The number of hydrogen-bond donors (Lipinski definition) is 1. The molecule has 0 saturated carbocycles. The SMILES string of the molecule is NC(=S)c1ccc(OCc2cccc(Cl)c2F)c(F)c1. The molecule has 0 aliphatic carbocycles. The van der Waals surface area contributed by atoms with Gasteiger partial charge in [0.15, 0.2) is 11.6 Å². The lowest BCUT2D eigenvalue weighted by atomic mass is 10.2. The molecular weight excluding hydrogens is 304 g/mol. The lowest BCUT2D eigenvalue weighted by Crippen LogP contribution is -2.10. The molecule has 2 rings (SSSR count). The number of thiocarbonyl (C=S) groups is 1. The fourth-order valence-electron chi connectivity index (χ4n) is 1.59. The maximum atomic E-state index is 13.7. The van der Waals surface area contributed by atoms with E-state index in [0.717, 1.165) is 0 Å². The van der Waals surface area contributed by atoms with Crippen molar-refractivity contribution in [2.45, 2.75) is 6.61 Å². The van der Waals surface area contributed by atoms with Crippen molar-refractivity contribution >= 4 is 28.8 Å². The Kier molecular flexibility index (Phi) is 4.52. The summed E-state index contributed by atoms with van der Waals surface area (Å²) in [6, 6.07) is 8.64. The number of rotatable bonds is 4. The van der Waals surface area contributed by atoms with Crippen molar-refractivity contribution < 1.29 is 13.5 Å². The quantitative estimate of drug-likeness (QED) is 0.871. The van der Waals surface area contributed by atoms with Gasteiger partial charge in [-0.3, -0.25) is 0 Å². The van der Waals surface area contributed by atoms with E-state index < -0.39 is 11.6 Å². The summed E-state index contributed by atoms with van der Waals surface area (Å²) in [5, 5.41) is -0.00426. The third kappa shape index (κ3) is 3.23. The van der Waals surface area contributed by atoms with Gasteiger partial charge in [-0.05, 0) is 24.3 Å². The average Bonchev–Trinajstić information content (AvgIpc) is 2.41. The number of ether oxygens (including phenoxy) is 1. The summed E-state index contributed by atoms with van der Waals surface area (Å²) < 4.78 is 32.6. The minimum atomic E-state index is -0.613. The van der Waals surface area contributed by atoms with Crippen LogP contribution in [0.15, 0.2) is 36.4 Å². The molecule has 0 heterocycles. The van der Waals surface area contributed by atoms with Crippen LogP contribution in [0, 0.1) is 11.6 Å². The zero-order valence-corrected chi connectivity index (χ0v) is 11.8. The molecule has 0 unspecified atom stereocenters. The summed E-state index contributed by atoms with van der Waals surface area (Å²) in [5.41, 5.74) is 6.04. The minimum absolute atomic E-state index is 0.00426. The van der Waals surface area contributed by atoms with Crippen molar-refractivity contribution in [3.8, 4) is 5.75 Å². The Bertz CT molecular complexity index is 664. The first-order valence-corrected chi connectivity index (χ1v) is 6.42. The smallest absolute Gasteiger partial charge is 0.165 e. The van der Waals surface area contributed by atoms with Gasteiger partial charge in [0.2, 0.25) is 0 Å². The van der Waals surface area contributed by atoms with Crippen LogP contribution in [0.25, 0.3) is 0 Å². The van der Waals surface area contributed by atoms with E-state index in [9.17, 15) is 8.78 Å². The molecule has 0 fully saturated rings. The van der Waals surface area contributed by atoms with Gasteiger partial charge >= 0.3 is 0 Å². The molecule has 0 aliphatic rings. The van der Waals surface area contributed by atoms with Gasteiger partial charge in [0.05, 0.1) is 5.02 Å². The fraction of sp³-hybridized carbons (Fsp3) is 0.0714. The van der Waals surface area contributed by atoms with Crippen molar-refractivity contribution in [1.82, 2.24) is 0 Å². The van der Waals surface area contributed by atoms with Gasteiger partial charge in [0.25, 0.3) is 0 Å². The van der Waals surface area contributed by atoms with Crippen molar-refractivity contribution in [2.24, 2.45) is 5.73 Å². The molecule has 20 heavy (non-hydrogen) atoms. The molecule has 0 saturated heterocycles. The molecule has 2 aromatic carbocycles. The van der Waals surface area contributed by atoms with Crippen LogP contribution >= 0.6 is 23.8 Å². The van der Waals surface area contributed by atoms with Crippen LogP contribution in [0.2, 0.25) is 5.02 Å². The normalized spacial score (nSPS) is 10.3. The van der Waals surface area contributed by atoms with E-state index in [-0.39, 0.29) is 27.9 Å². The van der Waals surface area contributed by atoms with E-state index in [2.05, 4.69) is 0 Å². The molecule has 2 nitrogen and oxygen atoms in total. The van der Waals surface area contributed by atoms with Crippen LogP contribution < -0.4 is 10.5 Å². The average molecular weight is 314 g/mol. The highest BCUT2D eigenvalue weighted by molar-refractivity contribution is 7.80. The van der Waals surface area contributed by atoms with Gasteiger partial charge in [-0.15, -0.1) is 0 Å². The summed E-state index contributed by atoms with van der Waals surface area (Å²) in [5.74, 6) is -1.20. The van der Waals surface area contributed by atoms with Crippen molar-refractivity contribution in [3.05, 3.63) is 64.2 Å². The molecule has 0 atom stereocenters. The summed E-state index contributed by atoms with van der Waals surface area (Å²) in [7, 11) is 0. The second kappa shape index (κ2) is 6.15. The molecule has 0 radical (unpaired) electrons. The van der Waals surface area contributed by atoms with E-state index in [1.54, 1.807) is 6.07 Å². The summed E-state index contributed by atoms with van der Waals surface area (Å²) in [6.07, 6.45) is 0. The van der Waals surface area contributed by atoms with Crippen LogP contribution in [0.3, 0.4) is 0 Å². The molecule has 0 spiro atoms. The highest BCUT2D eigenvalue weighted by Gasteiger charge is 2.10. The van der Waals surface area contributed by atoms with E-state index in [4.69, 9.17) is 34.3 Å². The monoisotopic (exact) mass is 313 g/mol. The second-order valence-corrected chi connectivity index (χ2v) is 4.86. The van der Waals surface area contributed by atoms with Crippen LogP contribution in [0.1, 0.15) is 11.1 Å². The topological polar surface area (TPSA) is 35.2 Å². The highest BCUT2D eigenvalue weighted by Crippen LogP contribution is 2.22. The van der Waals surface area contributed by atoms with Gasteiger partial charge < -0.3 is 10.5 Å². The first-order chi connectivity index (χ1) is 9.49. The van der Waals surface area contributed by atoms with Gasteiger partial charge in [-0.1, -0.05) is 36.0 Å². The number of benzene rings is 2. The van der Waals surface area contributed by atoms with Crippen LogP contribution in [-0.2, 0) is 6.61 Å². The molecule has 2 N–H and O–H groups in total. The second-order valence-electron chi connectivity index (χ2n) is 4.01. The Morgan fingerprint density at radius 3 is 2.65 bits per heavy atom. The predicted octanol–water partition coefficient (Wildman–Crippen LogP) is 3.83. The number of hydrogen-bond acceptors (Lipinski definition) is 2. The third-order valence-corrected chi connectivity index (χ3v) is 3.16. The molecule has 6 heteroatoms. The Labute approximate surface area is 125 Å². The molecule has 104 valence electrons. The lowest BCUT2D eigenvalue weighted by Gasteiger charge is -2.09. The maximum absolute atomic E-state index is 13.7. The van der Waals surface area contributed by atoms with Crippen LogP contribution in [0.5, 0.6) is 5.75 Å². The van der Waals surface area contributed by atoms with Crippen molar-refractivity contribution in [1.29, 1.82) is 0 Å². The Morgan fingerprint density at radius 1 is 1.25 bits per heavy atom. The Morgan fingerprint density at radius 2 is 2.00 bits per heavy atom. The van der Waals surface area contributed by atoms with Gasteiger partial charge in [-0.2, -0.15) is 0 Å². The largest absolute Gasteiger partial charge is 0.486 e. The molecule has 0 amide bonds. The zero-order chi connectivity index (χ0) is 14.7. The van der Waals surface area contributed by atoms with Gasteiger partial charge in [-0.25, -0.2) is 8.78 Å². The standard InChI is InChI=1S/C14H10ClF2NOS/c15-10-3-1-2-9(13(10)17)7-19-12-5-4-8(14(18)20)6-11(12)16/h1-6H,7H2,(H2,18,20). The van der Waals surface area contributed by atoms with Gasteiger partial charge in [0, 0.05) is 11.1 Å². The van der Waals surface area contributed by atoms with Crippen molar-refractivity contribution in [3.63, 3.8) is 0 Å². The zero-order valence-electron chi connectivity index (χ0n) is 10.2. The van der Waals surface area contributed by atoms with E-state index >= 15 is 0 Å². The molecule has 0 aliphatic heterocycles. The van der Waals surface area contributed by atoms with E-state index in [1.807, 2.05) is 0 Å². The molecule has 0 aromatic heterocycles. The Balaban J connectivity index is 2.15. The van der Waals surface area contributed by atoms with E-state index in [0.29, 0.717) is 5.56 Å². The first kappa shape index (κ1) is 14.7. The number of nitrogens with two attached hydrogens (primary N) is 1. The third-order valence-electron chi connectivity index (χ3n) is 2.63. The van der Waals surface area contributed by atoms with Crippen LogP contribution in [0.4, 0.5) is 8.78 Å². The highest BCUT2D eigenvalue weighted by atomic mass is 35.5. The van der Waals surface area contributed by atoms with Crippen molar-refractivity contribution in [2.75, 3.05) is 0 Å². The molecular formula is C14H10ClF2NOS. The predicted molar refractivity (Wildman–Crippen MR) is 78.0 cm³/mol. The number of halogens is 3. The molecule has 2 aromatic rings. The Hall–Kier alpha value is -1.72. The lowest BCUT2D eigenvalue weighted by molar-refractivity contribution is 0.285. The summed E-state index contributed by atoms with van der Waals surface area (Å²) in [4.78, 5) is 0.0938. The minimum Gasteiger partial charge on any atom is -0.486 e. The van der Waals surface area contributed by atoms with Gasteiger partial charge in [0.1, 0.15) is 17.4 Å². The first-order valence-electron chi connectivity index (χ1n) is 5.64.